The van der Waals surface area contributed by atoms with Crippen LogP contribution in [-0.2, 0) is 19.6 Å². The Morgan fingerprint density at radius 3 is 2.14 bits per heavy atom. The number of nitrogens with one attached hydrogen (secondary N) is 2. The van der Waals surface area contributed by atoms with Crippen LogP contribution in [-0.4, -0.2) is 37.3 Å². The molecular formula is C24H21Cl2N5O5S. The number of amides is 2. The molecule has 0 aliphatic carbocycles. The smallest absolute Gasteiger partial charge is 0.283 e. The molecule has 1 aliphatic rings. The van der Waals surface area contributed by atoms with E-state index in [0.717, 1.165) is 4.90 Å². The van der Waals surface area contributed by atoms with Crippen LogP contribution in [0.1, 0.15) is 17.0 Å². The van der Waals surface area contributed by atoms with E-state index >= 15 is 0 Å². The lowest BCUT2D eigenvalue weighted by Crippen LogP contribution is -2.32. The van der Waals surface area contributed by atoms with Gasteiger partial charge in [-0.05, 0) is 62.7 Å². The molecule has 37 heavy (non-hydrogen) atoms. The SMILES string of the molecule is COc1cc(Cl)c(C)cc1N1C(=O)C(Cl)=C(Nc2ccc(S(=O)(=O)Nc3nc(C)cc(C)n3)cc2)C1=O. The Hall–Kier alpha value is -3.67. The van der Waals surface area contributed by atoms with Gasteiger partial charge in [-0.15, -0.1) is 0 Å². The van der Waals surface area contributed by atoms with Crippen LogP contribution >= 0.6 is 23.2 Å². The summed E-state index contributed by atoms with van der Waals surface area (Å²) >= 11 is 12.4. The zero-order valence-electron chi connectivity index (χ0n) is 20.1. The highest BCUT2D eigenvalue weighted by Crippen LogP contribution is 2.38. The Balaban J connectivity index is 1.56. The first-order valence-corrected chi connectivity index (χ1v) is 13.0. The highest BCUT2D eigenvalue weighted by atomic mass is 35.5. The summed E-state index contributed by atoms with van der Waals surface area (Å²) < 4.78 is 33.2. The third-order valence-electron chi connectivity index (χ3n) is 5.37. The maximum Gasteiger partial charge on any atom is 0.283 e. The number of hydrogen-bond donors (Lipinski definition) is 2. The van der Waals surface area contributed by atoms with E-state index < -0.39 is 21.8 Å². The maximum atomic E-state index is 13.2. The highest BCUT2D eigenvalue weighted by Gasteiger charge is 2.40. The van der Waals surface area contributed by atoms with Gasteiger partial charge in [0.05, 0.1) is 17.7 Å². The minimum absolute atomic E-state index is 0.0420. The Bertz CT molecular complexity index is 1550. The first kappa shape index (κ1) is 26.4. The molecular weight excluding hydrogens is 541 g/mol. The van der Waals surface area contributed by atoms with Crippen molar-refractivity contribution in [2.75, 3.05) is 22.0 Å². The van der Waals surface area contributed by atoms with Gasteiger partial charge in [-0.25, -0.2) is 28.0 Å². The number of carbonyl (C=O) groups is 2. The molecule has 0 saturated carbocycles. The van der Waals surface area contributed by atoms with Crippen molar-refractivity contribution >= 4 is 62.4 Å². The molecule has 13 heteroatoms. The second-order valence-electron chi connectivity index (χ2n) is 8.14. The van der Waals surface area contributed by atoms with E-state index in [-0.39, 0.29) is 33.0 Å². The molecule has 2 N–H and O–H groups in total. The Kier molecular flexibility index (Phi) is 7.13. The molecule has 1 aliphatic heterocycles. The summed E-state index contributed by atoms with van der Waals surface area (Å²) in [6, 6.07) is 10.3. The van der Waals surface area contributed by atoms with Gasteiger partial charge in [-0.2, -0.15) is 0 Å². The van der Waals surface area contributed by atoms with Crippen molar-refractivity contribution in [1.29, 1.82) is 0 Å². The lowest BCUT2D eigenvalue weighted by molar-refractivity contribution is -0.120. The van der Waals surface area contributed by atoms with Crippen LogP contribution in [0.2, 0.25) is 5.02 Å². The van der Waals surface area contributed by atoms with Gasteiger partial charge in [-0.3, -0.25) is 9.59 Å². The predicted octanol–water partition coefficient (Wildman–Crippen LogP) is 4.30. The van der Waals surface area contributed by atoms with E-state index in [1.807, 2.05) is 0 Å². The second kappa shape index (κ2) is 10.0. The summed E-state index contributed by atoms with van der Waals surface area (Å²) in [6.07, 6.45) is 0. The molecule has 2 aromatic carbocycles. The van der Waals surface area contributed by atoms with E-state index in [9.17, 15) is 18.0 Å². The predicted molar refractivity (Wildman–Crippen MR) is 140 cm³/mol. The minimum atomic E-state index is -3.98. The molecule has 0 radical (unpaired) electrons. The Morgan fingerprint density at radius 2 is 1.54 bits per heavy atom. The van der Waals surface area contributed by atoms with Crippen LogP contribution in [0.25, 0.3) is 0 Å². The van der Waals surface area contributed by atoms with Crippen molar-refractivity contribution < 1.29 is 22.7 Å². The van der Waals surface area contributed by atoms with Crippen LogP contribution in [0.15, 0.2) is 58.1 Å². The number of sulfonamides is 1. The normalized spacial score (nSPS) is 13.8. The number of anilines is 3. The molecule has 4 rings (SSSR count). The number of aryl methyl sites for hydroxylation is 3. The van der Waals surface area contributed by atoms with Gasteiger partial charge in [0.25, 0.3) is 21.8 Å². The molecule has 0 saturated heterocycles. The molecule has 2 amide bonds. The lowest BCUT2D eigenvalue weighted by Gasteiger charge is -2.19. The van der Waals surface area contributed by atoms with E-state index in [1.54, 1.807) is 32.9 Å². The molecule has 3 aromatic rings. The van der Waals surface area contributed by atoms with E-state index in [1.165, 1.54) is 37.4 Å². The van der Waals surface area contributed by atoms with Crippen LogP contribution in [0, 0.1) is 20.8 Å². The number of imide groups is 1. The summed E-state index contributed by atoms with van der Waals surface area (Å²) in [6.45, 7) is 5.18. The Morgan fingerprint density at radius 1 is 0.919 bits per heavy atom. The fourth-order valence-electron chi connectivity index (χ4n) is 3.63. The second-order valence-corrected chi connectivity index (χ2v) is 10.6. The van der Waals surface area contributed by atoms with E-state index in [4.69, 9.17) is 27.9 Å². The number of methoxy groups -OCH3 is 1. The van der Waals surface area contributed by atoms with Crippen LogP contribution < -0.4 is 19.7 Å². The van der Waals surface area contributed by atoms with Gasteiger partial charge in [0.1, 0.15) is 16.5 Å². The van der Waals surface area contributed by atoms with E-state index in [0.29, 0.717) is 27.7 Å². The van der Waals surface area contributed by atoms with Crippen molar-refractivity contribution in [2.24, 2.45) is 0 Å². The fourth-order valence-corrected chi connectivity index (χ4v) is 4.94. The van der Waals surface area contributed by atoms with Crippen molar-refractivity contribution in [3.8, 4) is 5.75 Å². The molecule has 2 heterocycles. The molecule has 0 fully saturated rings. The van der Waals surface area contributed by atoms with Crippen molar-refractivity contribution in [1.82, 2.24) is 9.97 Å². The number of carbonyl (C=O) groups excluding carboxylic acids is 2. The quantitative estimate of drug-likeness (QED) is 0.408. The zero-order chi connectivity index (χ0) is 27.1. The molecule has 0 bridgehead atoms. The summed E-state index contributed by atoms with van der Waals surface area (Å²) in [7, 11) is -2.59. The molecule has 0 unspecified atom stereocenters. The number of nitrogens with zero attached hydrogens (tertiary/aromatic N) is 3. The Labute approximate surface area is 223 Å². The third kappa shape index (κ3) is 5.24. The summed E-state index contributed by atoms with van der Waals surface area (Å²) in [4.78, 5) is 35.0. The number of benzene rings is 2. The zero-order valence-corrected chi connectivity index (χ0v) is 22.4. The molecule has 10 nitrogen and oxygen atoms in total. The standard InChI is InChI=1S/C24H21Cl2N5O5S/c1-12-9-18(19(36-4)11-17(12)25)31-22(32)20(26)21(23(31)33)29-15-5-7-16(8-6-15)37(34,35)30-24-27-13(2)10-14(3)28-24/h5-11,29H,1-4H3,(H,27,28,30). The molecule has 0 atom stereocenters. The van der Waals surface area contributed by atoms with Crippen LogP contribution in [0.4, 0.5) is 17.3 Å². The van der Waals surface area contributed by atoms with Gasteiger partial charge < -0.3 is 10.1 Å². The van der Waals surface area contributed by atoms with Gasteiger partial charge >= 0.3 is 0 Å². The summed E-state index contributed by atoms with van der Waals surface area (Å²) in [5, 5.41) is 2.89. The maximum absolute atomic E-state index is 13.2. The highest BCUT2D eigenvalue weighted by molar-refractivity contribution is 7.92. The van der Waals surface area contributed by atoms with Gasteiger partial charge in [-0.1, -0.05) is 23.2 Å². The fraction of sp³-hybridized carbons (Fsp3) is 0.167. The minimum Gasteiger partial charge on any atom is -0.494 e. The average molecular weight is 562 g/mol. The van der Waals surface area contributed by atoms with Crippen LogP contribution in [0.3, 0.4) is 0 Å². The third-order valence-corrected chi connectivity index (χ3v) is 7.47. The summed E-state index contributed by atoms with van der Waals surface area (Å²) in [5.41, 5.74) is 2.22. The molecule has 192 valence electrons. The van der Waals surface area contributed by atoms with Gasteiger partial charge in [0.15, 0.2) is 0 Å². The number of ether oxygens (including phenoxy) is 1. The van der Waals surface area contributed by atoms with Crippen molar-refractivity contribution in [3.05, 3.63) is 75.2 Å². The van der Waals surface area contributed by atoms with Crippen molar-refractivity contribution in [3.63, 3.8) is 0 Å². The van der Waals surface area contributed by atoms with Gasteiger partial charge in [0, 0.05) is 28.2 Å². The average Bonchev–Trinajstić information content (AvgIpc) is 3.03. The number of halogens is 2. The number of aromatic nitrogens is 2. The largest absolute Gasteiger partial charge is 0.494 e. The summed E-state index contributed by atoms with van der Waals surface area (Å²) in [5.74, 6) is -1.27. The van der Waals surface area contributed by atoms with Crippen LogP contribution in [0.5, 0.6) is 5.75 Å². The topological polar surface area (TPSA) is 131 Å². The van der Waals surface area contributed by atoms with Crippen molar-refractivity contribution in [2.45, 2.75) is 25.7 Å². The number of rotatable bonds is 7. The van der Waals surface area contributed by atoms with E-state index in [2.05, 4.69) is 20.0 Å². The monoisotopic (exact) mass is 561 g/mol. The first-order chi connectivity index (χ1) is 17.4. The first-order valence-electron chi connectivity index (χ1n) is 10.8. The lowest BCUT2D eigenvalue weighted by atomic mass is 10.2. The molecule has 1 aromatic heterocycles. The van der Waals surface area contributed by atoms with Gasteiger partial charge in [0.2, 0.25) is 5.95 Å². The number of hydrogen-bond acceptors (Lipinski definition) is 8. The molecule has 0 spiro atoms.